The Morgan fingerprint density at radius 3 is 2.84 bits per heavy atom. The van der Waals surface area contributed by atoms with Gasteiger partial charge in [-0.15, -0.1) is 0 Å². The van der Waals surface area contributed by atoms with Gasteiger partial charge in [0.15, 0.2) is 0 Å². The molecule has 1 aromatic rings. The van der Waals surface area contributed by atoms with Crippen molar-refractivity contribution in [2.24, 2.45) is 11.8 Å². The minimum Gasteiger partial charge on any atom is -0.384 e. The Hall–Kier alpha value is -1.66. The van der Waals surface area contributed by atoms with Crippen molar-refractivity contribution in [3.63, 3.8) is 0 Å². The Balaban J connectivity index is 2.70. The zero-order chi connectivity index (χ0) is 14.3. The SMILES string of the molecule is CCc1cc(C(=O)NCC(C)COC)cc(NN)n1. The fourth-order valence-electron chi connectivity index (χ4n) is 1.69. The van der Waals surface area contributed by atoms with Gasteiger partial charge < -0.3 is 15.5 Å². The third kappa shape index (κ3) is 4.84. The summed E-state index contributed by atoms with van der Waals surface area (Å²) in [4.78, 5) is 16.3. The highest BCUT2D eigenvalue weighted by Gasteiger charge is 2.10. The van der Waals surface area contributed by atoms with Crippen molar-refractivity contribution < 1.29 is 9.53 Å². The molecule has 1 amide bonds. The molecule has 0 aromatic carbocycles. The highest BCUT2D eigenvalue weighted by Crippen LogP contribution is 2.10. The number of nitrogens with one attached hydrogen (secondary N) is 2. The van der Waals surface area contributed by atoms with Crippen molar-refractivity contribution in [3.8, 4) is 0 Å². The number of amides is 1. The van der Waals surface area contributed by atoms with Gasteiger partial charge in [0, 0.05) is 24.9 Å². The number of pyridine rings is 1. The van der Waals surface area contributed by atoms with Crippen LogP contribution < -0.4 is 16.6 Å². The molecule has 0 spiro atoms. The van der Waals surface area contributed by atoms with E-state index in [9.17, 15) is 4.79 Å². The number of nitrogen functional groups attached to an aromatic ring is 1. The number of ether oxygens (including phenoxy) is 1. The molecule has 106 valence electrons. The number of nitrogens with two attached hydrogens (primary N) is 1. The molecule has 0 saturated carbocycles. The van der Waals surface area contributed by atoms with E-state index in [1.54, 1.807) is 19.2 Å². The lowest BCUT2D eigenvalue weighted by Gasteiger charge is -2.12. The van der Waals surface area contributed by atoms with Crippen molar-refractivity contribution >= 4 is 11.7 Å². The van der Waals surface area contributed by atoms with E-state index in [4.69, 9.17) is 10.6 Å². The normalized spacial score (nSPS) is 12.0. The highest BCUT2D eigenvalue weighted by atomic mass is 16.5. The summed E-state index contributed by atoms with van der Waals surface area (Å²) in [5.74, 6) is 5.98. The van der Waals surface area contributed by atoms with Gasteiger partial charge in [-0.2, -0.15) is 0 Å². The van der Waals surface area contributed by atoms with Crippen LogP contribution >= 0.6 is 0 Å². The first-order chi connectivity index (χ1) is 9.10. The largest absolute Gasteiger partial charge is 0.384 e. The van der Waals surface area contributed by atoms with Crippen LogP contribution in [0.4, 0.5) is 5.82 Å². The zero-order valence-corrected chi connectivity index (χ0v) is 11.7. The molecule has 0 aliphatic heterocycles. The first-order valence-corrected chi connectivity index (χ1v) is 6.35. The molecule has 0 aliphatic carbocycles. The Bertz CT molecular complexity index is 401. The number of aromatic nitrogens is 1. The van der Waals surface area contributed by atoms with Crippen molar-refractivity contribution in [1.29, 1.82) is 0 Å². The van der Waals surface area contributed by atoms with E-state index in [-0.39, 0.29) is 11.8 Å². The summed E-state index contributed by atoms with van der Waals surface area (Å²) < 4.78 is 5.03. The molecule has 6 nitrogen and oxygen atoms in total. The zero-order valence-electron chi connectivity index (χ0n) is 11.7. The minimum atomic E-state index is -0.128. The molecule has 19 heavy (non-hydrogen) atoms. The number of carbonyl (C=O) groups is 1. The van der Waals surface area contributed by atoms with E-state index in [1.165, 1.54) is 0 Å². The van der Waals surface area contributed by atoms with Crippen LogP contribution in [0.15, 0.2) is 12.1 Å². The third-order valence-corrected chi connectivity index (χ3v) is 2.71. The number of nitrogens with zero attached hydrogens (tertiary/aromatic N) is 1. The Morgan fingerprint density at radius 2 is 2.26 bits per heavy atom. The van der Waals surface area contributed by atoms with E-state index in [1.807, 2.05) is 13.8 Å². The van der Waals surface area contributed by atoms with Crippen LogP contribution in [0.1, 0.15) is 29.9 Å². The van der Waals surface area contributed by atoms with E-state index in [2.05, 4.69) is 15.7 Å². The lowest BCUT2D eigenvalue weighted by atomic mass is 10.1. The second-order valence-electron chi connectivity index (χ2n) is 4.50. The molecular weight excluding hydrogens is 244 g/mol. The molecule has 1 aromatic heterocycles. The summed E-state index contributed by atoms with van der Waals surface area (Å²) in [7, 11) is 1.65. The molecule has 1 atom stereocenters. The number of anilines is 1. The van der Waals surface area contributed by atoms with Crippen LogP contribution in [0.25, 0.3) is 0 Å². The smallest absolute Gasteiger partial charge is 0.251 e. The van der Waals surface area contributed by atoms with Gasteiger partial charge in [-0.25, -0.2) is 10.8 Å². The molecule has 0 radical (unpaired) electrons. The van der Waals surface area contributed by atoms with E-state index < -0.39 is 0 Å². The number of methoxy groups -OCH3 is 1. The van der Waals surface area contributed by atoms with Gasteiger partial charge in [0.25, 0.3) is 5.91 Å². The quantitative estimate of drug-likeness (QED) is 0.505. The fraction of sp³-hybridized carbons (Fsp3) is 0.538. The van der Waals surface area contributed by atoms with E-state index in [0.717, 1.165) is 12.1 Å². The topological polar surface area (TPSA) is 89.3 Å². The average molecular weight is 266 g/mol. The predicted octanol–water partition coefficient (Wildman–Crippen LogP) is 0.942. The molecule has 1 heterocycles. The fourth-order valence-corrected chi connectivity index (χ4v) is 1.69. The van der Waals surface area contributed by atoms with Crippen molar-refractivity contribution in [1.82, 2.24) is 10.3 Å². The molecule has 4 N–H and O–H groups in total. The second kappa shape index (κ2) is 7.70. The average Bonchev–Trinajstić information content (AvgIpc) is 2.44. The number of carbonyl (C=O) groups excluding carboxylic acids is 1. The third-order valence-electron chi connectivity index (χ3n) is 2.71. The first-order valence-electron chi connectivity index (χ1n) is 6.35. The van der Waals surface area contributed by atoms with Gasteiger partial charge in [-0.05, 0) is 24.5 Å². The van der Waals surface area contributed by atoms with Gasteiger partial charge in [-0.3, -0.25) is 4.79 Å². The Morgan fingerprint density at radius 1 is 1.53 bits per heavy atom. The number of hydrogen-bond acceptors (Lipinski definition) is 5. The number of hydrogen-bond donors (Lipinski definition) is 3. The van der Waals surface area contributed by atoms with Gasteiger partial charge >= 0.3 is 0 Å². The van der Waals surface area contributed by atoms with Crippen LogP contribution in [-0.2, 0) is 11.2 Å². The Kier molecular flexibility index (Phi) is 6.24. The summed E-state index contributed by atoms with van der Waals surface area (Å²) in [5, 5.41) is 2.87. The predicted molar refractivity (Wildman–Crippen MR) is 74.8 cm³/mol. The molecule has 0 bridgehead atoms. The number of rotatable bonds is 7. The maximum atomic E-state index is 12.0. The number of hydrazine groups is 1. The van der Waals surface area contributed by atoms with Gasteiger partial charge in [0.1, 0.15) is 5.82 Å². The molecule has 0 fully saturated rings. The maximum Gasteiger partial charge on any atom is 0.251 e. The van der Waals surface area contributed by atoms with Gasteiger partial charge in [0.2, 0.25) is 0 Å². The van der Waals surface area contributed by atoms with Crippen LogP contribution in [0, 0.1) is 5.92 Å². The van der Waals surface area contributed by atoms with Crippen molar-refractivity contribution in [2.75, 3.05) is 25.7 Å². The summed E-state index contributed by atoms with van der Waals surface area (Å²) in [5.41, 5.74) is 3.86. The van der Waals surface area contributed by atoms with Crippen molar-refractivity contribution in [2.45, 2.75) is 20.3 Å². The lowest BCUT2D eigenvalue weighted by molar-refractivity contribution is 0.0934. The van der Waals surface area contributed by atoms with E-state index >= 15 is 0 Å². The second-order valence-corrected chi connectivity index (χ2v) is 4.50. The molecule has 0 aliphatic rings. The summed E-state index contributed by atoms with van der Waals surface area (Å²) in [6.07, 6.45) is 0.746. The van der Waals surface area contributed by atoms with Gasteiger partial charge in [0.05, 0.1) is 6.61 Å². The summed E-state index contributed by atoms with van der Waals surface area (Å²) in [6, 6.07) is 3.41. The standard InChI is InChI=1S/C13H22N4O2/c1-4-11-5-10(6-12(16-11)17-14)13(18)15-7-9(2)8-19-3/h5-6,9H,4,7-8,14H2,1-3H3,(H,15,18)(H,16,17). The highest BCUT2D eigenvalue weighted by molar-refractivity contribution is 5.95. The van der Waals surface area contributed by atoms with Crippen LogP contribution in [0.3, 0.4) is 0 Å². The van der Waals surface area contributed by atoms with E-state index in [0.29, 0.717) is 24.5 Å². The summed E-state index contributed by atoms with van der Waals surface area (Å²) >= 11 is 0. The van der Waals surface area contributed by atoms with Gasteiger partial charge in [-0.1, -0.05) is 13.8 Å². The molecule has 1 rings (SSSR count). The first kappa shape index (κ1) is 15.4. The lowest BCUT2D eigenvalue weighted by Crippen LogP contribution is -2.30. The molecular formula is C13H22N4O2. The maximum absolute atomic E-state index is 12.0. The number of aryl methyl sites for hydroxylation is 1. The minimum absolute atomic E-state index is 0.128. The van der Waals surface area contributed by atoms with Crippen LogP contribution in [0.5, 0.6) is 0 Å². The molecule has 6 heteroatoms. The summed E-state index contributed by atoms with van der Waals surface area (Å²) in [6.45, 7) is 5.18. The monoisotopic (exact) mass is 266 g/mol. The molecule has 1 unspecified atom stereocenters. The van der Waals surface area contributed by atoms with Crippen LogP contribution in [0.2, 0.25) is 0 Å². The Labute approximate surface area is 113 Å². The van der Waals surface area contributed by atoms with Crippen molar-refractivity contribution in [3.05, 3.63) is 23.4 Å². The molecule has 0 saturated heterocycles. The van der Waals surface area contributed by atoms with Crippen LogP contribution in [-0.4, -0.2) is 31.2 Å².